The number of nitrogens with zero attached hydrogens (tertiary/aromatic N) is 1. The minimum Gasteiger partial charge on any atom is -0.456 e. The fourth-order valence-corrected chi connectivity index (χ4v) is 2.18. The van der Waals surface area contributed by atoms with Crippen LogP contribution in [0.2, 0.25) is 0 Å². The van der Waals surface area contributed by atoms with Gasteiger partial charge in [-0.1, -0.05) is 6.92 Å². The fraction of sp³-hybridized carbons (Fsp3) is 0.615. The first kappa shape index (κ1) is 12.2. The molecule has 1 aliphatic heterocycles. The van der Waals surface area contributed by atoms with Crippen molar-refractivity contribution in [2.24, 2.45) is 0 Å². The van der Waals surface area contributed by atoms with Crippen LogP contribution < -0.4 is 5.32 Å². The number of hydrogen-bond donors (Lipinski definition) is 1. The molecular formula is C13H20N2O2. The predicted molar refractivity (Wildman–Crippen MR) is 66.1 cm³/mol. The molecule has 1 fully saturated rings. The van der Waals surface area contributed by atoms with Gasteiger partial charge < -0.3 is 14.6 Å². The molecular weight excluding hydrogens is 216 g/mol. The Morgan fingerprint density at radius 1 is 1.53 bits per heavy atom. The normalized spacial score (nSPS) is 19.4. The summed E-state index contributed by atoms with van der Waals surface area (Å²) in [6.45, 7) is 8.55. The lowest BCUT2D eigenvalue weighted by Gasteiger charge is -2.42. The van der Waals surface area contributed by atoms with Gasteiger partial charge in [-0.3, -0.25) is 4.79 Å². The lowest BCUT2D eigenvalue weighted by molar-refractivity contribution is 0.0444. The zero-order chi connectivity index (χ0) is 12.5. The average Bonchev–Trinajstić information content (AvgIpc) is 2.76. The summed E-state index contributed by atoms with van der Waals surface area (Å²) in [7, 11) is 0. The molecule has 94 valence electrons. The quantitative estimate of drug-likeness (QED) is 0.849. The van der Waals surface area contributed by atoms with Crippen LogP contribution >= 0.6 is 0 Å². The standard InChI is InChI=1S/C13H20N2O2/c1-4-10-5-6-11(17-10)12(16)15-8-7-14-9-13(15,2)3/h5-6,14H,4,7-9H2,1-3H3. The third-order valence-corrected chi connectivity index (χ3v) is 3.27. The van der Waals surface area contributed by atoms with Gasteiger partial charge in [-0.05, 0) is 26.0 Å². The summed E-state index contributed by atoms with van der Waals surface area (Å²) in [6, 6.07) is 3.65. The summed E-state index contributed by atoms with van der Waals surface area (Å²) in [5.41, 5.74) is -0.158. The highest BCUT2D eigenvalue weighted by Gasteiger charge is 2.34. The van der Waals surface area contributed by atoms with Gasteiger partial charge in [-0.25, -0.2) is 0 Å². The van der Waals surface area contributed by atoms with E-state index in [0.717, 1.165) is 31.8 Å². The molecule has 1 aromatic heterocycles. The Bertz CT molecular complexity index is 409. The molecule has 4 heteroatoms. The molecule has 2 rings (SSSR count). The fourth-order valence-electron chi connectivity index (χ4n) is 2.18. The SMILES string of the molecule is CCc1ccc(C(=O)N2CCNCC2(C)C)o1. The van der Waals surface area contributed by atoms with Crippen LogP contribution in [0, 0.1) is 0 Å². The zero-order valence-corrected chi connectivity index (χ0v) is 10.7. The van der Waals surface area contributed by atoms with Gasteiger partial charge in [0.2, 0.25) is 0 Å². The van der Waals surface area contributed by atoms with E-state index in [-0.39, 0.29) is 11.4 Å². The summed E-state index contributed by atoms with van der Waals surface area (Å²) in [5, 5.41) is 3.30. The molecule has 0 aromatic carbocycles. The van der Waals surface area contributed by atoms with E-state index in [4.69, 9.17) is 4.42 Å². The molecule has 0 spiro atoms. The Morgan fingerprint density at radius 2 is 2.29 bits per heavy atom. The number of carbonyl (C=O) groups excluding carboxylic acids is 1. The molecule has 0 aliphatic carbocycles. The van der Waals surface area contributed by atoms with E-state index in [9.17, 15) is 4.79 Å². The summed E-state index contributed by atoms with van der Waals surface area (Å²) in [5.74, 6) is 1.31. The van der Waals surface area contributed by atoms with Crippen molar-refractivity contribution in [3.63, 3.8) is 0 Å². The maximum absolute atomic E-state index is 12.3. The zero-order valence-electron chi connectivity index (χ0n) is 10.7. The molecule has 0 radical (unpaired) electrons. The highest BCUT2D eigenvalue weighted by atomic mass is 16.4. The third kappa shape index (κ3) is 2.36. The summed E-state index contributed by atoms with van der Waals surface area (Å²) in [4.78, 5) is 14.2. The van der Waals surface area contributed by atoms with Crippen molar-refractivity contribution in [1.29, 1.82) is 0 Å². The first-order valence-corrected chi connectivity index (χ1v) is 6.16. The van der Waals surface area contributed by atoms with E-state index >= 15 is 0 Å². The van der Waals surface area contributed by atoms with E-state index in [1.54, 1.807) is 6.07 Å². The molecule has 0 saturated carbocycles. The van der Waals surface area contributed by atoms with Crippen LogP contribution in [0.5, 0.6) is 0 Å². The maximum atomic E-state index is 12.3. The van der Waals surface area contributed by atoms with Crippen molar-refractivity contribution in [1.82, 2.24) is 10.2 Å². The van der Waals surface area contributed by atoms with Gasteiger partial charge in [0.15, 0.2) is 5.76 Å². The van der Waals surface area contributed by atoms with E-state index < -0.39 is 0 Å². The van der Waals surface area contributed by atoms with Crippen molar-refractivity contribution in [3.8, 4) is 0 Å². The third-order valence-electron chi connectivity index (χ3n) is 3.27. The van der Waals surface area contributed by atoms with E-state index in [1.165, 1.54) is 0 Å². The average molecular weight is 236 g/mol. The van der Waals surface area contributed by atoms with Gasteiger partial charge in [0.05, 0.1) is 5.54 Å². The Labute approximate surface area is 102 Å². The molecule has 1 saturated heterocycles. The first-order chi connectivity index (χ1) is 8.04. The van der Waals surface area contributed by atoms with Crippen LogP contribution in [-0.2, 0) is 6.42 Å². The van der Waals surface area contributed by atoms with Crippen molar-refractivity contribution < 1.29 is 9.21 Å². The van der Waals surface area contributed by atoms with E-state index in [1.807, 2.05) is 17.9 Å². The molecule has 1 amide bonds. The topological polar surface area (TPSA) is 45.5 Å². The second kappa shape index (κ2) is 4.53. The number of carbonyl (C=O) groups is 1. The Kier molecular flexibility index (Phi) is 3.24. The molecule has 4 nitrogen and oxygen atoms in total. The van der Waals surface area contributed by atoms with E-state index in [2.05, 4.69) is 19.2 Å². The minimum atomic E-state index is -0.158. The number of hydrogen-bond acceptors (Lipinski definition) is 3. The number of furan rings is 1. The van der Waals surface area contributed by atoms with Crippen molar-refractivity contribution in [2.45, 2.75) is 32.7 Å². The Hall–Kier alpha value is -1.29. The first-order valence-electron chi connectivity index (χ1n) is 6.16. The maximum Gasteiger partial charge on any atom is 0.290 e. The van der Waals surface area contributed by atoms with Crippen LogP contribution in [0.3, 0.4) is 0 Å². The van der Waals surface area contributed by atoms with Gasteiger partial charge in [-0.15, -0.1) is 0 Å². The summed E-state index contributed by atoms with van der Waals surface area (Å²) in [6.07, 6.45) is 0.818. The highest BCUT2D eigenvalue weighted by molar-refractivity contribution is 5.92. The molecule has 1 N–H and O–H groups in total. The van der Waals surface area contributed by atoms with Crippen LogP contribution in [-0.4, -0.2) is 36.0 Å². The molecule has 1 aliphatic rings. The van der Waals surface area contributed by atoms with Gasteiger partial charge in [-0.2, -0.15) is 0 Å². The summed E-state index contributed by atoms with van der Waals surface area (Å²) < 4.78 is 5.53. The van der Waals surface area contributed by atoms with Crippen LogP contribution in [0.1, 0.15) is 37.1 Å². The van der Waals surface area contributed by atoms with Crippen LogP contribution in [0.4, 0.5) is 0 Å². The minimum absolute atomic E-state index is 0.00352. The highest BCUT2D eigenvalue weighted by Crippen LogP contribution is 2.20. The second-order valence-corrected chi connectivity index (χ2v) is 5.07. The van der Waals surface area contributed by atoms with E-state index in [0.29, 0.717) is 5.76 Å². The molecule has 0 unspecified atom stereocenters. The number of piperazine rings is 1. The van der Waals surface area contributed by atoms with Gasteiger partial charge >= 0.3 is 0 Å². The lowest BCUT2D eigenvalue weighted by Crippen LogP contribution is -2.59. The summed E-state index contributed by atoms with van der Waals surface area (Å²) >= 11 is 0. The smallest absolute Gasteiger partial charge is 0.290 e. The molecule has 2 heterocycles. The largest absolute Gasteiger partial charge is 0.456 e. The van der Waals surface area contributed by atoms with Crippen LogP contribution in [0.25, 0.3) is 0 Å². The number of amides is 1. The second-order valence-electron chi connectivity index (χ2n) is 5.07. The van der Waals surface area contributed by atoms with Crippen molar-refractivity contribution in [2.75, 3.05) is 19.6 Å². The Balaban J connectivity index is 2.18. The van der Waals surface area contributed by atoms with Crippen LogP contribution in [0.15, 0.2) is 16.5 Å². The molecule has 0 atom stereocenters. The lowest BCUT2D eigenvalue weighted by atomic mass is 10.00. The Morgan fingerprint density at radius 3 is 2.88 bits per heavy atom. The molecule has 17 heavy (non-hydrogen) atoms. The van der Waals surface area contributed by atoms with Crippen molar-refractivity contribution in [3.05, 3.63) is 23.7 Å². The van der Waals surface area contributed by atoms with Gasteiger partial charge in [0.25, 0.3) is 5.91 Å². The van der Waals surface area contributed by atoms with Crippen molar-refractivity contribution >= 4 is 5.91 Å². The van der Waals surface area contributed by atoms with Gasteiger partial charge in [0.1, 0.15) is 5.76 Å². The number of nitrogens with one attached hydrogen (secondary N) is 1. The number of aryl methyl sites for hydroxylation is 1. The van der Waals surface area contributed by atoms with Gasteiger partial charge in [0, 0.05) is 26.1 Å². The number of rotatable bonds is 2. The molecule has 0 bridgehead atoms. The molecule has 1 aromatic rings. The predicted octanol–water partition coefficient (Wildman–Crippen LogP) is 1.67. The monoisotopic (exact) mass is 236 g/mol.